The molecule has 1 amide bonds. The molecule has 7 heteroatoms. The third-order valence-electron chi connectivity index (χ3n) is 7.41. The van der Waals surface area contributed by atoms with Gasteiger partial charge in [0, 0.05) is 38.3 Å². The van der Waals surface area contributed by atoms with Crippen LogP contribution < -0.4 is 4.74 Å². The van der Waals surface area contributed by atoms with Crippen molar-refractivity contribution >= 4 is 5.91 Å². The summed E-state index contributed by atoms with van der Waals surface area (Å²) in [5.74, 6) is -0.507. The number of ether oxygens (including phenoxy) is 3. The molecule has 1 atom stereocenters. The molecule has 0 unspecified atom stereocenters. The van der Waals surface area contributed by atoms with E-state index in [1.54, 1.807) is 36.4 Å². The average Bonchev–Trinajstić information content (AvgIpc) is 3.23. The first-order valence-corrected chi connectivity index (χ1v) is 11.7. The summed E-state index contributed by atoms with van der Waals surface area (Å²) < 4.78 is 46.2. The lowest BCUT2D eigenvalue weighted by molar-refractivity contribution is -0.146. The standard InChI is InChI=1S/C26H29F2NO4/c27-21-6-2-1-5-20(21)26(11-15-31-16-12-26)24(30)29-13-9-25(10-14-29)17-19(18-32-25)33-23-8-4-3-7-22(23)28/h1-8,19H,9-18H2/t19-/m0/s1. The van der Waals surface area contributed by atoms with Crippen LogP contribution in [0.4, 0.5) is 8.78 Å². The minimum Gasteiger partial charge on any atom is -0.485 e. The lowest BCUT2D eigenvalue weighted by atomic mass is 9.72. The van der Waals surface area contributed by atoms with Crippen molar-refractivity contribution in [3.05, 3.63) is 65.7 Å². The summed E-state index contributed by atoms with van der Waals surface area (Å²) in [6.07, 6.45) is 2.76. The smallest absolute Gasteiger partial charge is 0.233 e. The molecule has 176 valence electrons. The van der Waals surface area contributed by atoms with E-state index in [1.807, 2.05) is 4.90 Å². The molecule has 3 saturated heterocycles. The SMILES string of the molecule is O=C(N1CCC2(CC1)C[C@H](Oc1ccccc1F)CO2)C1(c2ccccc2F)CCOCC1. The van der Waals surface area contributed by atoms with E-state index in [0.717, 1.165) is 0 Å². The van der Waals surface area contributed by atoms with E-state index in [9.17, 15) is 13.6 Å². The quantitative estimate of drug-likeness (QED) is 0.689. The third-order valence-corrected chi connectivity index (χ3v) is 7.41. The Labute approximate surface area is 192 Å². The second-order valence-electron chi connectivity index (χ2n) is 9.33. The van der Waals surface area contributed by atoms with E-state index < -0.39 is 5.41 Å². The number of carbonyl (C=O) groups excluding carboxylic acids is 1. The van der Waals surface area contributed by atoms with Crippen molar-refractivity contribution in [3.8, 4) is 5.75 Å². The van der Waals surface area contributed by atoms with E-state index in [2.05, 4.69) is 0 Å². The highest BCUT2D eigenvalue weighted by atomic mass is 19.1. The Bertz CT molecular complexity index is 999. The Morgan fingerprint density at radius 2 is 1.61 bits per heavy atom. The molecule has 2 aromatic rings. The normalized spacial score (nSPS) is 24.1. The van der Waals surface area contributed by atoms with Gasteiger partial charge in [0.05, 0.1) is 17.6 Å². The van der Waals surface area contributed by atoms with Crippen LogP contribution in [0.3, 0.4) is 0 Å². The van der Waals surface area contributed by atoms with Crippen LogP contribution >= 0.6 is 0 Å². The maximum absolute atomic E-state index is 14.8. The summed E-state index contributed by atoms with van der Waals surface area (Å²) in [5, 5.41) is 0. The molecule has 3 fully saturated rings. The van der Waals surface area contributed by atoms with Gasteiger partial charge in [-0.15, -0.1) is 0 Å². The first-order chi connectivity index (χ1) is 16.0. The number of piperidine rings is 1. The van der Waals surface area contributed by atoms with E-state index >= 15 is 0 Å². The van der Waals surface area contributed by atoms with Crippen molar-refractivity contribution in [2.45, 2.75) is 49.2 Å². The number of rotatable bonds is 4. The molecule has 0 saturated carbocycles. The highest BCUT2D eigenvalue weighted by Crippen LogP contribution is 2.42. The van der Waals surface area contributed by atoms with Crippen molar-refractivity contribution in [1.82, 2.24) is 4.90 Å². The van der Waals surface area contributed by atoms with E-state index in [1.165, 1.54) is 12.1 Å². The van der Waals surface area contributed by atoms with Crippen LogP contribution in [0.25, 0.3) is 0 Å². The Morgan fingerprint density at radius 3 is 2.30 bits per heavy atom. The number of hydrogen-bond donors (Lipinski definition) is 0. The summed E-state index contributed by atoms with van der Waals surface area (Å²) in [6, 6.07) is 13.0. The van der Waals surface area contributed by atoms with Gasteiger partial charge in [-0.25, -0.2) is 8.78 Å². The first kappa shape index (κ1) is 22.3. The van der Waals surface area contributed by atoms with Gasteiger partial charge < -0.3 is 19.1 Å². The van der Waals surface area contributed by atoms with Crippen LogP contribution in [-0.4, -0.2) is 55.4 Å². The van der Waals surface area contributed by atoms with E-state index in [0.29, 0.717) is 70.6 Å². The summed E-state index contributed by atoms with van der Waals surface area (Å²) in [6.45, 7) is 2.37. The molecule has 0 aliphatic carbocycles. The van der Waals surface area contributed by atoms with Crippen molar-refractivity contribution in [2.24, 2.45) is 0 Å². The van der Waals surface area contributed by atoms with Gasteiger partial charge in [-0.3, -0.25) is 4.79 Å². The van der Waals surface area contributed by atoms with Crippen LogP contribution in [0.15, 0.2) is 48.5 Å². The second-order valence-corrected chi connectivity index (χ2v) is 9.33. The fourth-order valence-corrected chi connectivity index (χ4v) is 5.53. The Kier molecular flexibility index (Phi) is 6.10. The summed E-state index contributed by atoms with van der Waals surface area (Å²) in [5.41, 5.74) is -0.789. The predicted molar refractivity (Wildman–Crippen MR) is 118 cm³/mol. The first-order valence-electron chi connectivity index (χ1n) is 11.7. The number of nitrogens with zero attached hydrogens (tertiary/aromatic N) is 1. The summed E-state index contributed by atoms with van der Waals surface area (Å²) >= 11 is 0. The number of halogens is 2. The highest BCUT2D eigenvalue weighted by molar-refractivity contribution is 5.88. The van der Waals surface area contributed by atoms with Crippen LogP contribution in [0, 0.1) is 11.6 Å². The molecule has 2 aromatic carbocycles. The van der Waals surface area contributed by atoms with Crippen molar-refractivity contribution in [2.75, 3.05) is 32.9 Å². The topological polar surface area (TPSA) is 48.0 Å². The molecule has 33 heavy (non-hydrogen) atoms. The van der Waals surface area contributed by atoms with Crippen molar-refractivity contribution in [3.63, 3.8) is 0 Å². The number of para-hydroxylation sites is 1. The van der Waals surface area contributed by atoms with Gasteiger partial charge in [-0.2, -0.15) is 0 Å². The van der Waals surface area contributed by atoms with Crippen LogP contribution in [0.1, 0.15) is 37.7 Å². The lowest BCUT2D eigenvalue weighted by Gasteiger charge is -2.44. The third kappa shape index (κ3) is 4.24. The molecular weight excluding hydrogens is 428 g/mol. The Balaban J connectivity index is 1.26. The largest absolute Gasteiger partial charge is 0.485 e. The van der Waals surface area contributed by atoms with Crippen LogP contribution in [0.2, 0.25) is 0 Å². The Morgan fingerprint density at radius 1 is 0.939 bits per heavy atom. The zero-order valence-electron chi connectivity index (χ0n) is 18.6. The molecule has 0 bridgehead atoms. The minimum absolute atomic E-state index is 0.0251. The van der Waals surface area contributed by atoms with Crippen LogP contribution in [0.5, 0.6) is 5.75 Å². The van der Waals surface area contributed by atoms with Gasteiger partial charge in [0.25, 0.3) is 0 Å². The molecule has 5 nitrogen and oxygen atoms in total. The van der Waals surface area contributed by atoms with Gasteiger partial charge in [-0.05, 0) is 43.9 Å². The fourth-order valence-electron chi connectivity index (χ4n) is 5.53. The number of likely N-dealkylation sites (tertiary alicyclic amines) is 1. The van der Waals surface area contributed by atoms with Gasteiger partial charge in [0.15, 0.2) is 11.6 Å². The number of benzene rings is 2. The number of carbonyl (C=O) groups is 1. The maximum Gasteiger partial charge on any atom is 0.233 e. The molecule has 0 N–H and O–H groups in total. The van der Waals surface area contributed by atoms with Gasteiger partial charge in [-0.1, -0.05) is 30.3 Å². The molecule has 3 heterocycles. The van der Waals surface area contributed by atoms with Crippen molar-refractivity contribution < 1.29 is 27.8 Å². The molecular formula is C26H29F2NO4. The summed E-state index contributed by atoms with van der Waals surface area (Å²) in [4.78, 5) is 15.6. The zero-order chi connectivity index (χ0) is 22.9. The summed E-state index contributed by atoms with van der Waals surface area (Å²) in [7, 11) is 0. The predicted octanol–water partition coefficient (Wildman–Crippen LogP) is 4.24. The van der Waals surface area contributed by atoms with E-state index in [-0.39, 0.29) is 35.0 Å². The maximum atomic E-state index is 14.8. The molecule has 5 rings (SSSR count). The monoisotopic (exact) mass is 457 g/mol. The molecule has 0 radical (unpaired) electrons. The highest BCUT2D eigenvalue weighted by Gasteiger charge is 2.49. The minimum atomic E-state index is -0.888. The molecule has 0 aromatic heterocycles. The van der Waals surface area contributed by atoms with Gasteiger partial charge >= 0.3 is 0 Å². The lowest BCUT2D eigenvalue weighted by Crippen LogP contribution is -2.54. The number of hydrogen-bond acceptors (Lipinski definition) is 4. The average molecular weight is 458 g/mol. The van der Waals surface area contributed by atoms with E-state index in [4.69, 9.17) is 14.2 Å². The molecule has 3 aliphatic heterocycles. The fraction of sp³-hybridized carbons (Fsp3) is 0.500. The van der Waals surface area contributed by atoms with Crippen LogP contribution in [-0.2, 0) is 19.7 Å². The number of amides is 1. The molecule has 3 aliphatic rings. The zero-order valence-corrected chi connectivity index (χ0v) is 18.6. The van der Waals surface area contributed by atoms with Gasteiger partial charge in [0.1, 0.15) is 11.9 Å². The second kappa shape index (κ2) is 9.03. The van der Waals surface area contributed by atoms with Gasteiger partial charge in [0.2, 0.25) is 5.91 Å². The molecule has 1 spiro atoms. The Hall–Kier alpha value is -2.51. The van der Waals surface area contributed by atoms with Crippen molar-refractivity contribution in [1.29, 1.82) is 0 Å².